The summed E-state index contributed by atoms with van der Waals surface area (Å²) in [5.41, 5.74) is 6.36. The summed E-state index contributed by atoms with van der Waals surface area (Å²) < 4.78 is 19.6. The maximum Gasteiger partial charge on any atom is 0.261 e. The van der Waals surface area contributed by atoms with E-state index in [1.807, 2.05) is 29.2 Å². The van der Waals surface area contributed by atoms with Gasteiger partial charge in [0.15, 0.2) is 0 Å². The first-order valence-corrected chi connectivity index (χ1v) is 16.0. The molecule has 2 amide bonds. The van der Waals surface area contributed by atoms with Crippen molar-refractivity contribution in [3.05, 3.63) is 105 Å². The minimum atomic E-state index is -0.287. The van der Waals surface area contributed by atoms with Gasteiger partial charge in [0.05, 0.1) is 39.5 Å². The van der Waals surface area contributed by atoms with E-state index < -0.39 is 0 Å². The predicted molar refractivity (Wildman–Crippen MR) is 165 cm³/mol. The van der Waals surface area contributed by atoms with Gasteiger partial charge in [-0.1, -0.05) is 18.2 Å². The van der Waals surface area contributed by atoms with E-state index in [1.54, 1.807) is 25.3 Å². The topological polar surface area (TPSA) is 114 Å². The van der Waals surface area contributed by atoms with Crippen LogP contribution in [0.1, 0.15) is 85.5 Å². The smallest absolute Gasteiger partial charge is 0.261 e. The molecule has 5 aromatic rings. The average Bonchev–Trinajstić information content (AvgIpc) is 3.88. The molecule has 226 valence electrons. The molecule has 1 aliphatic carbocycles. The van der Waals surface area contributed by atoms with Crippen LogP contribution in [0.3, 0.4) is 0 Å². The van der Waals surface area contributed by atoms with Gasteiger partial charge in [0, 0.05) is 35.8 Å². The Morgan fingerprint density at radius 3 is 2.76 bits per heavy atom. The molecule has 0 radical (unpaired) electrons. The number of rotatable bonds is 7. The van der Waals surface area contributed by atoms with E-state index in [1.165, 1.54) is 23.5 Å². The first kappa shape index (κ1) is 27.8. The number of carbonyl (C=O) groups excluding carboxylic acids is 2. The Balaban J connectivity index is 1.23. The molecule has 0 spiro atoms. The number of fused-ring (bicyclic) bond motifs is 4. The second-order valence-electron chi connectivity index (χ2n) is 11.7. The van der Waals surface area contributed by atoms with Crippen molar-refractivity contribution in [1.82, 2.24) is 30.4 Å². The molecule has 0 unspecified atom stereocenters. The highest BCUT2D eigenvalue weighted by atomic mass is 32.1. The number of benzene rings is 1. The highest BCUT2D eigenvalue weighted by Gasteiger charge is 2.45. The molecule has 11 heteroatoms. The van der Waals surface area contributed by atoms with Gasteiger partial charge in [-0.05, 0) is 80.0 Å². The molecule has 1 aromatic carbocycles. The van der Waals surface area contributed by atoms with Gasteiger partial charge in [0.25, 0.3) is 11.8 Å². The van der Waals surface area contributed by atoms with Crippen LogP contribution in [-0.2, 0) is 19.3 Å². The summed E-state index contributed by atoms with van der Waals surface area (Å²) in [4.78, 5) is 40.3. The lowest BCUT2D eigenvalue weighted by Crippen LogP contribution is -2.26. The van der Waals surface area contributed by atoms with Crippen molar-refractivity contribution in [3.63, 3.8) is 0 Å². The Hall–Kier alpha value is -4.77. The molecule has 1 saturated heterocycles. The van der Waals surface area contributed by atoms with Crippen LogP contribution in [0.25, 0.3) is 21.9 Å². The third-order valence-electron chi connectivity index (χ3n) is 9.00. The summed E-state index contributed by atoms with van der Waals surface area (Å²) >= 11 is 1.34. The maximum absolute atomic E-state index is 14.0. The second kappa shape index (κ2) is 11.0. The molecule has 4 aromatic heterocycles. The molecule has 1 N–H and O–H groups in total. The van der Waals surface area contributed by atoms with Crippen LogP contribution in [-0.4, -0.2) is 43.4 Å². The molecule has 0 bridgehead atoms. The first-order valence-electron chi connectivity index (χ1n) is 15.2. The fourth-order valence-electron chi connectivity index (χ4n) is 6.91. The van der Waals surface area contributed by atoms with Crippen LogP contribution >= 0.6 is 11.3 Å². The molecular formula is C34H29FN6O3S. The molecule has 45 heavy (non-hydrogen) atoms. The maximum atomic E-state index is 14.0. The summed E-state index contributed by atoms with van der Waals surface area (Å²) in [6, 6.07) is 13.9. The predicted octanol–water partition coefficient (Wildman–Crippen LogP) is 6.20. The number of nitrogens with one attached hydrogen (secondary N) is 1. The van der Waals surface area contributed by atoms with Crippen LogP contribution in [0, 0.1) is 12.7 Å². The standard InChI is InChI=1S/C34H29FN6O3S/c1-18-39-40-33(44-18)28-24(11-8-19-6-9-20(35)10-7-19)37-31-25-5-3-17-41(25)34(43)30(31)29(28)26-14-15-27(45-26)32(42)38-23-13-12-22-21(23)4-2-16-36-22/h2,4,6-7,9-10,14-16,23,25H,3,5,8,11-13,17H2,1H3,(H,38,42)/t23-,25-/m1/s1. The van der Waals surface area contributed by atoms with Crippen molar-refractivity contribution < 1.29 is 18.4 Å². The van der Waals surface area contributed by atoms with Crippen LogP contribution in [0.2, 0.25) is 0 Å². The van der Waals surface area contributed by atoms with Crippen molar-refractivity contribution in [2.24, 2.45) is 0 Å². The van der Waals surface area contributed by atoms with E-state index in [0.29, 0.717) is 46.8 Å². The number of hydrogen-bond acceptors (Lipinski definition) is 8. The van der Waals surface area contributed by atoms with Gasteiger partial charge in [-0.15, -0.1) is 21.5 Å². The first-order chi connectivity index (χ1) is 21.9. The summed E-state index contributed by atoms with van der Waals surface area (Å²) in [6.45, 7) is 2.40. The largest absolute Gasteiger partial charge is 0.421 e. The third-order valence-corrected chi connectivity index (χ3v) is 10.1. The minimum absolute atomic E-state index is 0.0629. The third kappa shape index (κ3) is 4.82. The van der Waals surface area contributed by atoms with E-state index in [4.69, 9.17) is 9.40 Å². The van der Waals surface area contributed by atoms with Crippen LogP contribution in [0.4, 0.5) is 4.39 Å². The van der Waals surface area contributed by atoms with E-state index in [-0.39, 0.29) is 35.6 Å². The highest BCUT2D eigenvalue weighted by molar-refractivity contribution is 7.17. The quantitative estimate of drug-likeness (QED) is 0.231. The number of halogens is 1. The van der Waals surface area contributed by atoms with Crippen molar-refractivity contribution in [2.75, 3.05) is 6.54 Å². The zero-order valence-electron chi connectivity index (χ0n) is 24.5. The number of aromatic nitrogens is 4. The Labute approximate surface area is 262 Å². The zero-order chi connectivity index (χ0) is 30.7. The van der Waals surface area contributed by atoms with E-state index >= 15 is 0 Å². The highest BCUT2D eigenvalue weighted by Crippen LogP contribution is 2.49. The molecule has 2 atom stereocenters. The number of thiophene rings is 1. The molecule has 9 nitrogen and oxygen atoms in total. The summed E-state index contributed by atoms with van der Waals surface area (Å²) in [5.74, 6) is 0.154. The molecule has 8 rings (SSSR count). The number of amides is 2. The Kier molecular flexibility index (Phi) is 6.78. The number of nitrogens with zero attached hydrogens (tertiary/aromatic N) is 5. The lowest BCUT2D eigenvalue weighted by Gasteiger charge is -2.16. The van der Waals surface area contributed by atoms with Gasteiger partial charge in [-0.3, -0.25) is 19.6 Å². The fourth-order valence-corrected chi connectivity index (χ4v) is 7.87. The number of pyridine rings is 2. The summed E-state index contributed by atoms with van der Waals surface area (Å²) in [5, 5.41) is 11.7. The van der Waals surface area contributed by atoms with Gasteiger partial charge in [-0.25, -0.2) is 4.39 Å². The molecule has 1 fully saturated rings. The van der Waals surface area contributed by atoms with Crippen molar-refractivity contribution in [3.8, 4) is 21.9 Å². The van der Waals surface area contributed by atoms with E-state index in [9.17, 15) is 14.0 Å². The van der Waals surface area contributed by atoms with Gasteiger partial charge < -0.3 is 14.6 Å². The summed E-state index contributed by atoms with van der Waals surface area (Å²) in [7, 11) is 0. The van der Waals surface area contributed by atoms with Gasteiger partial charge in [-0.2, -0.15) is 0 Å². The zero-order valence-corrected chi connectivity index (χ0v) is 25.4. The normalized spacial score (nSPS) is 18.3. The van der Waals surface area contributed by atoms with Crippen molar-refractivity contribution in [1.29, 1.82) is 0 Å². The number of aryl methyl sites for hydroxylation is 4. The molecular weight excluding hydrogens is 591 g/mol. The average molecular weight is 621 g/mol. The van der Waals surface area contributed by atoms with Crippen LogP contribution in [0.15, 0.2) is 59.1 Å². The number of hydrogen-bond donors (Lipinski definition) is 1. The number of carbonyl (C=O) groups is 2. The Morgan fingerprint density at radius 2 is 1.93 bits per heavy atom. The van der Waals surface area contributed by atoms with Crippen molar-refractivity contribution >= 4 is 23.2 Å². The van der Waals surface area contributed by atoms with Gasteiger partial charge >= 0.3 is 0 Å². The minimum Gasteiger partial charge on any atom is -0.421 e. The lowest BCUT2D eigenvalue weighted by molar-refractivity contribution is 0.0776. The van der Waals surface area contributed by atoms with Gasteiger partial charge in [0.2, 0.25) is 11.8 Å². The van der Waals surface area contributed by atoms with E-state index in [0.717, 1.165) is 58.8 Å². The molecule has 0 saturated carbocycles. The molecule has 2 aliphatic heterocycles. The Morgan fingerprint density at radius 1 is 1.07 bits per heavy atom. The second-order valence-corrected chi connectivity index (χ2v) is 12.8. The van der Waals surface area contributed by atoms with Crippen molar-refractivity contribution in [2.45, 2.75) is 57.5 Å². The SMILES string of the molecule is Cc1nnc(-c2c(CCc3ccc(F)cc3)nc3c(c2-c2ccc(C(=O)N[C@@H]4CCc5ncccc54)s2)C(=O)N2CCC[C@H]32)o1. The molecule has 3 aliphatic rings. The summed E-state index contributed by atoms with van der Waals surface area (Å²) in [6.07, 6.45) is 6.29. The van der Waals surface area contributed by atoms with Gasteiger partial charge in [0.1, 0.15) is 5.82 Å². The lowest BCUT2D eigenvalue weighted by atomic mass is 9.93. The fraction of sp³-hybridized carbons (Fsp3) is 0.294. The Bertz CT molecular complexity index is 1970. The van der Waals surface area contributed by atoms with Crippen LogP contribution in [0.5, 0.6) is 0 Å². The van der Waals surface area contributed by atoms with Crippen LogP contribution < -0.4 is 5.32 Å². The van der Waals surface area contributed by atoms with E-state index in [2.05, 4.69) is 20.5 Å². The monoisotopic (exact) mass is 620 g/mol. The molecule has 6 heterocycles.